The monoisotopic (exact) mass is 368 g/mol. The van der Waals surface area contributed by atoms with Crippen LogP contribution in [0.25, 0.3) is 0 Å². The molecule has 0 radical (unpaired) electrons. The lowest BCUT2D eigenvalue weighted by Gasteiger charge is -2.19. The van der Waals surface area contributed by atoms with E-state index in [9.17, 15) is 22.0 Å². The van der Waals surface area contributed by atoms with Crippen LogP contribution in [-0.4, -0.2) is 31.4 Å². The molecule has 0 aliphatic rings. The van der Waals surface area contributed by atoms with Gasteiger partial charge in [-0.05, 0) is 17.7 Å². The third-order valence-electron chi connectivity index (χ3n) is 3.46. The van der Waals surface area contributed by atoms with E-state index >= 15 is 0 Å². The van der Waals surface area contributed by atoms with Gasteiger partial charge in [0.15, 0.2) is 0 Å². The van der Waals surface area contributed by atoms with Crippen LogP contribution in [0.3, 0.4) is 0 Å². The average molecular weight is 368 g/mol. The van der Waals surface area contributed by atoms with Gasteiger partial charge in [0.25, 0.3) is 0 Å². The highest BCUT2D eigenvalue weighted by Gasteiger charge is 2.18. The van der Waals surface area contributed by atoms with Crippen LogP contribution in [0.1, 0.15) is 12.0 Å². The van der Waals surface area contributed by atoms with Crippen molar-refractivity contribution in [2.24, 2.45) is 0 Å². The molecule has 0 bridgehead atoms. The molecule has 0 aliphatic carbocycles. The van der Waals surface area contributed by atoms with E-state index in [2.05, 4.69) is 5.32 Å². The fraction of sp³-hybridized carbons (Fsp3) is 0.235. The lowest BCUT2D eigenvalue weighted by Crippen LogP contribution is -2.32. The average Bonchev–Trinajstić information content (AvgIpc) is 2.54. The van der Waals surface area contributed by atoms with Gasteiger partial charge in [-0.3, -0.25) is 4.79 Å². The van der Waals surface area contributed by atoms with Gasteiger partial charge in [0, 0.05) is 25.6 Å². The molecular formula is C17H18F2N2O3S. The van der Waals surface area contributed by atoms with Gasteiger partial charge in [0.2, 0.25) is 15.9 Å². The van der Waals surface area contributed by atoms with Crippen LogP contribution in [0, 0.1) is 11.6 Å². The number of sulfonamides is 1. The van der Waals surface area contributed by atoms with Crippen molar-refractivity contribution in [1.82, 2.24) is 4.31 Å². The highest BCUT2D eigenvalue weighted by molar-refractivity contribution is 7.88. The molecule has 0 unspecified atom stereocenters. The lowest BCUT2D eigenvalue weighted by molar-refractivity contribution is -0.116. The van der Waals surface area contributed by atoms with Crippen LogP contribution in [0.4, 0.5) is 14.5 Å². The first kappa shape index (κ1) is 19.0. The summed E-state index contributed by atoms with van der Waals surface area (Å²) in [6, 6.07) is 11.8. The zero-order chi connectivity index (χ0) is 18.4. The Kier molecular flexibility index (Phi) is 6.22. The van der Waals surface area contributed by atoms with Gasteiger partial charge >= 0.3 is 0 Å². The van der Waals surface area contributed by atoms with E-state index in [4.69, 9.17) is 0 Å². The van der Waals surface area contributed by atoms with E-state index in [1.165, 1.54) is 4.31 Å². The molecule has 25 heavy (non-hydrogen) atoms. The summed E-state index contributed by atoms with van der Waals surface area (Å²) in [6.45, 7) is 0.0836. The van der Waals surface area contributed by atoms with E-state index in [-0.39, 0.29) is 25.2 Å². The van der Waals surface area contributed by atoms with Gasteiger partial charge in [-0.15, -0.1) is 0 Å². The summed E-state index contributed by atoms with van der Waals surface area (Å²) in [7, 11) is -3.52. The Morgan fingerprint density at radius 1 is 1.12 bits per heavy atom. The molecule has 1 amide bonds. The van der Waals surface area contributed by atoms with Crippen molar-refractivity contribution in [2.45, 2.75) is 13.0 Å². The number of nitrogens with zero attached hydrogens (tertiary/aromatic N) is 1. The van der Waals surface area contributed by atoms with E-state index < -0.39 is 27.6 Å². The van der Waals surface area contributed by atoms with Crippen molar-refractivity contribution in [3.05, 3.63) is 65.7 Å². The maximum Gasteiger partial charge on any atom is 0.225 e. The Morgan fingerprint density at radius 3 is 2.40 bits per heavy atom. The van der Waals surface area contributed by atoms with Crippen LogP contribution in [0.2, 0.25) is 0 Å². The number of nitrogens with one attached hydrogen (secondary N) is 1. The molecule has 2 aromatic rings. The molecule has 0 atom stereocenters. The number of hydrogen-bond acceptors (Lipinski definition) is 3. The highest BCUT2D eigenvalue weighted by Crippen LogP contribution is 2.15. The predicted octanol–water partition coefficient (Wildman–Crippen LogP) is 2.76. The molecule has 0 saturated carbocycles. The number of benzene rings is 2. The van der Waals surface area contributed by atoms with Crippen molar-refractivity contribution < 1.29 is 22.0 Å². The molecule has 2 aromatic carbocycles. The van der Waals surface area contributed by atoms with Gasteiger partial charge < -0.3 is 5.32 Å². The van der Waals surface area contributed by atoms with E-state index in [1.54, 1.807) is 24.3 Å². The highest BCUT2D eigenvalue weighted by atomic mass is 32.2. The molecule has 0 heterocycles. The topological polar surface area (TPSA) is 66.5 Å². The molecule has 0 aromatic heterocycles. The van der Waals surface area contributed by atoms with Gasteiger partial charge in [-0.25, -0.2) is 17.2 Å². The number of anilines is 1. The largest absolute Gasteiger partial charge is 0.324 e. The second-order valence-corrected chi connectivity index (χ2v) is 7.49. The molecule has 0 spiro atoms. The minimum Gasteiger partial charge on any atom is -0.324 e. The maximum absolute atomic E-state index is 13.5. The van der Waals surface area contributed by atoms with Crippen molar-refractivity contribution in [1.29, 1.82) is 0 Å². The van der Waals surface area contributed by atoms with Crippen molar-refractivity contribution in [2.75, 3.05) is 18.1 Å². The van der Waals surface area contributed by atoms with E-state index in [0.29, 0.717) is 6.07 Å². The van der Waals surface area contributed by atoms with Crippen LogP contribution >= 0.6 is 0 Å². The Morgan fingerprint density at radius 2 is 1.80 bits per heavy atom. The first-order chi connectivity index (χ1) is 11.8. The smallest absolute Gasteiger partial charge is 0.225 e. The number of amides is 1. The Balaban J connectivity index is 1.99. The quantitative estimate of drug-likeness (QED) is 0.817. The van der Waals surface area contributed by atoms with Crippen molar-refractivity contribution in [3.63, 3.8) is 0 Å². The first-order valence-electron chi connectivity index (χ1n) is 7.49. The summed E-state index contributed by atoms with van der Waals surface area (Å²) in [5.74, 6) is -2.20. The van der Waals surface area contributed by atoms with E-state index in [0.717, 1.165) is 24.0 Å². The third-order valence-corrected chi connectivity index (χ3v) is 4.71. The number of hydrogen-bond donors (Lipinski definition) is 1. The maximum atomic E-state index is 13.5. The second kappa shape index (κ2) is 8.17. The summed E-state index contributed by atoms with van der Waals surface area (Å²) >= 11 is 0. The SMILES string of the molecule is CS(=O)(=O)N(CCC(=O)Nc1ccc(F)cc1F)Cc1ccccc1. The fourth-order valence-electron chi connectivity index (χ4n) is 2.18. The van der Waals surface area contributed by atoms with Crippen LogP contribution in [0.5, 0.6) is 0 Å². The predicted molar refractivity (Wildman–Crippen MR) is 91.3 cm³/mol. The number of rotatable bonds is 7. The molecule has 1 N–H and O–H groups in total. The number of carbonyl (C=O) groups excluding carboxylic acids is 1. The minimum atomic E-state index is -3.52. The molecule has 134 valence electrons. The zero-order valence-electron chi connectivity index (χ0n) is 13.6. The van der Waals surface area contributed by atoms with Crippen LogP contribution < -0.4 is 5.32 Å². The number of halogens is 2. The van der Waals surface area contributed by atoms with Gasteiger partial charge in [-0.1, -0.05) is 30.3 Å². The lowest BCUT2D eigenvalue weighted by atomic mass is 10.2. The molecule has 8 heteroatoms. The molecule has 0 aliphatic heterocycles. The third kappa shape index (κ3) is 5.91. The second-order valence-electron chi connectivity index (χ2n) is 5.50. The molecule has 0 fully saturated rings. The summed E-state index contributed by atoms with van der Waals surface area (Å²) < 4.78 is 51.3. The fourth-order valence-corrected chi connectivity index (χ4v) is 2.99. The molecule has 0 saturated heterocycles. The molecule has 2 rings (SSSR count). The standard InChI is InChI=1S/C17H18F2N2O3S/c1-25(23,24)21(12-13-5-3-2-4-6-13)10-9-17(22)20-16-8-7-14(18)11-15(16)19/h2-8,11H,9-10,12H2,1H3,(H,20,22). The summed E-state index contributed by atoms with van der Waals surface area (Å²) in [5.41, 5.74) is 0.637. The van der Waals surface area contributed by atoms with E-state index in [1.807, 2.05) is 6.07 Å². The van der Waals surface area contributed by atoms with Gasteiger partial charge in [-0.2, -0.15) is 4.31 Å². The van der Waals surface area contributed by atoms with Crippen LogP contribution in [-0.2, 0) is 21.4 Å². The molecular weight excluding hydrogens is 350 g/mol. The van der Waals surface area contributed by atoms with Crippen molar-refractivity contribution in [3.8, 4) is 0 Å². The van der Waals surface area contributed by atoms with Crippen molar-refractivity contribution >= 4 is 21.6 Å². The van der Waals surface area contributed by atoms with Crippen LogP contribution in [0.15, 0.2) is 48.5 Å². The summed E-state index contributed by atoms with van der Waals surface area (Å²) in [4.78, 5) is 11.9. The Hall–Kier alpha value is -2.32. The Labute approximate surface area is 145 Å². The van der Waals surface area contributed by atoms with Gasteiger partial charge in [0.1, 0.15) is 11.6 Å². The summed E-state index contributed by atoms with van der Waals surface area (Å²) in [6.07, 6.45) is 0.907. The normalized spacial score (nSPS) is 11.5. The zero-order valence-corrected chi connectivity index (χ0v) is 14.4. The first-order valence-corrected chi connectivity index (χ1v) is 9.34. The minimum absolute atomic E-state index is 0.0532. The summed E-state index contributed by atoms with van der Waals surface area (Å²) in [5, 5.41) is 2.31. The van der Waals surface area contributed by atoms with Gasteiger partial charge in [0.05, 0.1) is 11.9 Å². The molecule has 5 nitrogen and oxygen atoms in total. The Bertz CT molecular complexity index is 842. The number of carbonyl (C=O) groups is 1.